The van der Waals surface area contributed by atoms with Crippen LogP contribution in [0.2, 0.25) is 0 Å². The number of hydrogen-bond donors (Lipinski definition) is 0. The van der Waals surface area contributed by atoms with E-state index in [1.54, 1.807) is 24.3 Å². The van der Waals surface area contributed by atoms with E-state index in [9.17, 15) is 9.59 Å². The van der Waals surface area contributed by atoms with Crippen LogP contribution in [-0.4, -0.2) is 48.6 Å². The van der Waals surface area contributed by atoms with Crippen LogP contribution in [0.1, 0.15) is 64.5 Å². The highest BCUT2D eigenvalue weighted by molar-refractivity contribution is 7.09. The minimum atomic E-state index is -0.441. The van der Waals surface area contributed by atoms with E-state index in [-0.39, 0.29) is 11.6 Å². The van der Waals surface area contributed by atoms with Gasteiger partial charge in [-0.15, -0.1) is 11.3 Å². The zero-order chi connectivity index (χ0) is 21.1. The number of methoxy groups -OCH3 is 1. The fraction of sp³-hybridized carbons (Fsp3) is 0.500. The van der Waals surface area contributed by atoms with E-state index >= 15 is 0 Å². The Kier molecular flexibility index (Phi) is 9.80. The molecular formula is C22H30N2O4S. The van der Waals surface area contributed by atoms with Gasteiger partial charge < -0.3 is 14.4 Å². The fourth-order valence-electron chi connectivity index (χ4n) is 2.88. The Morgan fingerprint density at radius 3 is 2.55 bits per heavy atom. The Labute approximate surface area is 176 Å². The Balaban J connectivity index is 2.06. The van der Waals surface area contributed by atoms with Gasteiger partial charge in [-0.25, -0.2) is 9.78 Å². The lowest BCUT2D eigenvalue weighted by Gasteiger charge is -2.21. The van der Waals surface area contributed by atoms with E-state index in [4.69, 9.17) is 9.47 Å². The van der Waals surface area contributed by atoms with Gasteiger partial charge in [-0.3, -0.25) is 4.79 Å². The molecular weight excluding hydrogens is 388 g/mol. The molecule has 7 heteroatoms. The lowest BCUT2D eigenvalue weighted by Crippen LogP contribution is -2.33. The Morgan fingerprint density at radius 1 is 1.14 bits per heavy atom. The molecule has 2 rings (SSSR count). The predicted molar refractivity (Wildman–Crippen MR) is 114 cm³/mol. The third kappa shape index (κ3) is 7.25. The van der Waals surface area contributed by atoms with Crippen molar-refractivity contribution in [1.82, 2.24) is 9.88 Å². The summed E-state index contributed by atoms with van der Waals surface area (Å²) < 4.78 is 10.1. The molecule has 1 amide bonds. The molecule has 158 valence electrons. The van der Waals surface area contributed by atoms with Crippen molar-refractivity contribution in [3.63, 3.8) is 0 Å². The van der Waals surface area contributed by atoms with Crippen LogP contribution in [-0.2, 0) is 22.4 Å². The molecule has 0 fully saturated rings. The highest BCUT2D eigenvalue weighted by Gasteiger charge is 2.19. The van der Waals surface area contributed by atoms with Crippen molar-refractivity contribution in [2.24, 2.45) is 0 Å². The maximum atomic E-state index is 13.0. The average molecular weight is 419 g/mol. The molecule has 0 spiro atoms. The molecule has 0 atom stereocenters. The SMILES string of the molecule is CCCCCc1ccc(C(=O)N(CCOC)Cc2nc(C(=O)OCC)cs2)cc1. The number of rotatable bonds is 12. The lowest BCUT2D eigenvalue weighted by molar-refractivity contribution is 0.0520. The zero-order valence-electron chi connectivity index (χ0n) is 17.5. The van der Waals surface area contributed by atoms with E-state index in [1.165, 1.54) is 29.7 Å². The largest absolute Gasteiger partial charge is 0.461 e. The van der Waals surface area contributed by atoms with Gasteiger partial charge in [0.05, 0.1) is 19.8 Å². The van der Waals surface area contributed by atoms with Crippen molar-refractivity contribution < 1.29 is 19.1 Å². The van der Waals surface area contributed by atoms with E-state index in [0.29, 0.717) is 36.9 Å². The van der Waals surface area contributed by atoms with Crippen LogP contribution in [0.4, 0.5) is 0 Å². The standard InChI is InChI=1S/C22H30N2O4S/c1-4-6-7-8-17-9-11-18(12-10-17)21(25)24(13-14-27-3)15-20-23-19(16-29-20)22(26)28-5-2/h9-12,16H,4-8,13-15H2,1-3H3. The Hall–Kier alpha value is -2.25. The second-order valence-corrected chi connectivity index (χ2v) is 7.66. The first-order valence-electron chi connectivity index (χ1n) is 10.1. The monoisotopic (exact) mass is 418 g/mol. The second kappa shape index (κ2) is 12.3. The number of carbonyl (C=O) groups excluding carboxylic acids is 2. The van der Waals surface area contributed by atoms with Gasteiger partial charge in [0.2, 0.25) is 0 Å². The smallest absolute Gasteiger partial charge is 0.357 e. The molecule has 0 unspecified atom stereocenters. The van der Waals surface area contributed by atoms with Gasteiger partial charge in [-0.2, -0.15) is 0 Å². The van der Waals surface area contributed by atoms with E-state index in [1.807, 2.05) is 24.3 Å². The normalized spacial score (nSPS) is 10.7. The molecule has 2 aromatic rings. The number of esters is 1. The van der Waals surface area contributed by atoms with Gasteiger partial charge in [0.15, 0.2) is 5.69 Å². The van der Waals surface area contributed by atoms with Crippen molar-refractivity contribution in [2.75, 3.05) is 26.9 Å². The molecule has 1 aromatic carbocycles. The van der Waals surface area contributed by atoms with Crippen molar-refractivity contribution >= 4 is 23.2 Å². The Morgan fingerprint density at radius 2 is 1.90 bits per heavy atom. The summed E-state index contributed by atoms with van der Waals surface area (Å²) in [5.74, 6) is -0.515. The molecule has 29 heavy (non-hydrogen) atoms. The van der Waals surface area contributed by atoms with E-state index in [0.717, 1.165) is 12.8 Å². The quantitative estimate of drug-likeness (QED) is 0.379. The molecule has 0 bridgehead atoms. The minimum absolute atomic E-state index is 0.0740. The predicted octanol–water partition coefficient (Wildman–Crippen LogP) is 4.34. The maximum Gasteiger partial charge on any atom is 0.357 e. The summed E-state index contributed by atoms with van der Waals surface area (Å²) in [6.07, 6.45) is 4.61. The summed E-state index contributed by atoms with van der Waals surface area (Å²) in [5, 5.41) is 2.35. The lowest BCUT2D eigenvalue weighted by atomic mass is 10.0. The third-order valence-electron chi connectivity index (χ3n) is 4.48. The van der Waals surface area contributed by atoms with Crippen molar-refractivity contribution in [2.45, 2.75) is 46.1 Å². The van der Waals surface area contributed by atoms with Crippen LogP contribution < -0.4 is 0 Å². The van der Waals surface area contributed by atoms with Crippen molar-refractivity contribution in [1.29, 1.82) is 0 Å². The van der Waals surface area contributed by atoms with Crippen LogP contribution in [0.25, 0.3) is 0 Å². The van der Waals surface area contributed by atoms with E-state index in [2.05, 4.69) is 11.9 Å². The first-order chi connectivity index (χ1) is 14.1. The van der Waals surface area contributed by atoms with Crippen molar-refractivity contribution in [3.05, 3.63) is 51.5 Å². The highest BCUT2D eigenvalue weighted by atomic mass is 32.1. The summed E-state index contributed by atoms with van der Waals surface area (Å²) in [7, 11) is 1.61. The molecule has 1 aromatic heterocycles. The summed E-state index contributed by atoms with van der Waals surface area (Å²) in [6.45, 7) is 5.45. The number of nitrogens with zero attached hydrogens (tertiary/aromatic N) is 2. The average Bonchev–Trinajstić information content (AvgIpc) is 3.20. The first-order valence-corrected chi connectivity index (χ1v) is 11.0. The number of hydrogen-bond acceptors (Lipinski definition) is 6. The number of aryl methyl sites for hydroxylation is 1. The summed E-state index contributed by atoms with van der Waals surface area (Å²) in [5.41, 5.74) is 2.17. The summed E-state index contributed by atoms with van der Waals surface area (Å²) in [6, 6.07) is 7.82. The fourth-order valence-corrected chi connectivity index (χ4v) is 3.65. The molecule has 0 saturated heterocycles. The van der Waals surface area contributed by atoms with Crippen molar-refractivity contribution in [3.8, 4) is 0 Å². The number of carbonyl (C=O) groups is 2. The molecule has 0 radical (unpaired) electrons. The van der Waals surface area contributed by atoms with Gasteiger partial charge in [0.25, 0.3) is 5.91 Å². The molecule has 1 heterocycles. The molecule has 0 saturated carbocycles. The van der Waals surface area contributed by atoms with Crippen LogP contribution in [0.3, 0.4) is 0 Å². The van der Waals surface area contributed by atoms with Crippen LogP contribution >= 0.6 is 11.3 Å². The topological polar surface area (TPSA) is 68.7 Å². The summed E-state index contributed by atoms with van der Waals surface area (Å²) in [4.78, 5) is 30.9. The third-order valence-corrected chi connectivity index (χ3v) is 5.32. The number of unbranched alkanes of at least 4 members (excludes halogenated alkanes) is 2. The number of amides is 1. The van der Waals surface area contributed by atoms with Gasteiger partial charge in [-0.1, -0.05) is 31.9 Å². The van der Waals surface area contributed by atoms with Gasteiger partial charge in [0.1, 0.15) is 5.01 Å². The Bertz CT molecular complexity index is 773. The van der Waals surface area contributed by atoms with Gasteiger partial charge >= 0.3 is 5.97 Å². The van der Waals surface area contributed by atoms with Crippen LogP contribution in [0.5, 0.6) is 0 Å². The minimum Gasteiger partial charge on any atom is -0.461 e. The highest BCUT2D eigenvalue weighted by Crippen LogP contribution is 2.16. The van der Waals surface area contributed by atoms with Crippen LogP contribution in [0, 0.1) is 0 Å². The number of thiazole rings is 1. The second-order valence-electron chi connectivity index (χ2n) is 6.72. The maximum absolute atomic E-state index is 13.0. The summed E-state index contributed by atoms with van der Waals surface area (Å²) >= 11 is 1.35. The first kappa shape index (κ1) is 23.0. The zero-order valence-corrected chi connectivity index (χ0v) is 18.3. The number of benzene rings is 1. The number of aromatic nitrogens is 1. The molecule has 6 nitrogen and oxygen atoms in total. The molecule has 0 aliphatic carbocycles. The molecule has 0 aliphatic rings. The van der Waals surface area contributed by atoms with Gasteiger partial charge in [-0.05, 0) is 37.5 Å². The molecule has 0 aliphatic heterocycles. The molecule has 0 N–H and O–H groups in total. The van der Waals surface area contributed by atoms with Gasteiger partial charge in [0, 0.05) is 24.6 Å². The van der Waals surface area contributed by atoms with Crippen LogP contribution in [0.15, 0.2) is 29.6 Å². The van der Waals surface area contributed by atoms with E-state index < -0.39 is 5.97 Å². The number of ether oxygens (including phenoxy) is 2.